The molecule has 1 unspecified atom stereocenters. The van der Waals surface area contributed by atoms with Crippen LogP contribution in [-0.4, -0.2) is 24.0 Å². The monoisotopic (exact) mass is 342 g/mol. The maximum Gasteiger partial charge on any atom is 0.355 e. The van der Waals surface area contributed by atoms with Crippen molar-refractivity contribution in [3.05, 3.63) is 71.3 Å². The molecule has 0 fully saturated rings. The summed E-state index contributed by atoms with van der Waals surface area (Å²) in [5.74, 6) is -0.963. The molecule has 6 nitrogen and oxygen atoms in total. The lowest BCUT2D eigenvalue weighted by Crippen LogP contribution is -2.47. The molecule has 2 aromatic rings. The molecule has 2 N–H and O–H groups in total. The zero-order valence-corrected chi connectivity index (χ0v) is 13.6. The van der Waals surface area contributed by atoms with Gasteiger partial charge in [-0.2, -0.15) is 0 Å². The van der Waals surface area contributed by atoms with Gasteiger partial charge in [0, 0.05) is 0 Å². The Morgan fingerprint density at radius 3 is 2.54 bits per heavy atom. The fourth-order valence-electron chi connectivity index (χ4n) is 2.51. The van der Waals surface area contributed by atoms with E-state index in [0.717, 1.165) is 5.56 Å². The van der Waals surface area contributed by atoms with Crippen molar-refractivity contribution >= 4 is 29.1 Å². The quantitative estimate of drug-likeness (QED) is 0.500. The van der Waals surface area contributed by atoms with Crippen LogP contribution in [-0.2, 0) is 9.53 Å². The van der Waals surface area contributed by atoms with Gasteiger partial charge in [0.05, 0.1) is 25.0 Å². The molecular formula is C17H14N2O4S. The van der Waals surface area contributed by atoms with E-state index in [1.807, 2.05) is 30.3 Å². The zero-order valence-electron chi connectivity index (χ0n) is 12.7. The van der Waals surface area contributed by atoms with Gasteiger partial charge >= 0.3 is 5.97 Å². The summed E-state index contributed by atoms with van der Waals surface area (Å²) in [6.45, 7) is 0. The second kappa shape index (κ2) is 6.67. The van der Waals surface area contributed by atoms with Crippen LogP contribution < -0.4 is 10.6 Å². The van der Waals surface area contributed by atoms with Crippen molar-refractivity contribution in [1.82, 2.24) is 10.6 Å². The lowest BCUT2D eigenvalue weighted by Gasteiger charge is -2.30. The van der Waals surface area contributed by atoms with Crippen LogP contribution in [0.1, 0.15) is 22.2 Å². The van der Waals surface area contributed by atoms with Gasteiger partial charge in [-0.1, -0.05) is 30.3 Å². The molecule has 0 radical (unpaired) electrons. The van der Waals surface area contributed by atoms with E-state index in [0.29, 0.717) is 0 Å². The maximum atomic E-state index is 12.9. The molecule has 1 aliphatic heterocycles. The number of ether oxygens (including phenoxy) is 1. The molecule has 1 atom stereocenters. The van der Waals surface area contributed by atoms with Gasteiger partial charge in [0.1, 0.15) is 5.70 Å². The molecule has 1 aliphatic rings. The third-order valence-electron chi connectivity index (χ3n) is 3.58. The van der Waals surface area contributed by atoms with Crippen LogP contribution in [0.2, 0.25) is 0 Å². The summed E-state index contributed by atoms with van der Waals surface area (Å²) in [7, 11) is 1.24. The minimum atomic E-state index is -0.672. The van der Waals surface area contributed by atoms with Gasteiger partial charge in [0.2, 0.25) is 5.78 Å². The van der Waals surface area contributed by atoms with Gasteiger partial charge in [-0.25, -0.2) is 4.79 Å². The number of hydrogen-bond acceptors (Lipinski definition) is 5. The fraction of sp³-hybridized carbons (Fsp3) is 0.118. The van der Waals surface area contributed by atoms with Crippen molar-refractivity contribution < 1.29 is 18.7 Å². The van der Waals surface area contributed by atoms with Crippen molar-refractivity contribution in [2.75, 3.05) is 7.11 Å². The third kappa shape index (κ3) is 2.93. The molecular weight excluding hydrogens is 328 g/mol. The minimum absolute atomic E-state index is 0.0107. The van der Waals surface area contributed by atoms with Crippen molar-refractivity contribution in [3.8, 4) is 0 Å². The zero-order chi connectivity index (χ0) is 17.1. The summed E-state index contributed by atoms with van der Waals surface area (Å²) < 4.78 is 9.99. The lowest BCUT2D eigenvalue weighted by atomic mass is 9.91. The topological polar surface area (TPSA) is 80.6 Å². The van der Waals surface area contributed by atoms with Gasteiger partial charge in [-0.3, -0.25) is 4.79 Å². The molecule has 0 saturated heterocycles. The molecule has 0 amide bonds. The maximum absolute atomic E-state index is 12.9. The number of nitrogens with one attached hydrogen (secondary N) is 2. The summed E-state index contributed by atoms with van der Waals surface area (Å²) in [6, 6.07) is 11.8. The number of methoxy groups -OCH3 is 1. The smallest absolute Gasteiger partial charge is 0.355 e. The number of hydrogen-bond donors (Lipinski definition) is 2. The van der Waals surface area contributed by atoms with Crippen LogP contribution >= 0.6 is 12.2 Å². The summed E-state index contributed by atoms with van der Waals surface area (Å²) >= 11 is 5.17. The molecule has 0 aliphatic carbocycles. The average molecular weight is 342 g/mol. The van der Waals surface area contributed by atoms with Crippen molar-refractivity contribution in [1.29, 1.82) is 0 Å². The minimum Gasteiger partial charge on any atom is -0.464 e. The van der Waals surface area contributed by atoms with Crippen LogP contribution in [0.25, 0.3) is 0 Å². The van der Waals surface area contributed by atoms with Crippen molar-refractivity contribution in [3.63, 3.8) is 0 Å². The molecule has 0 saturated carbocycles. The second-order valence-electron chi connectivity index (χ2n) is 5.03. The highest BCUT2D eigenvalue weighted by Crippen LogP contribution is 2.30. The van der Waals surface area contributed by atoms with E-state index in [-0.39, 0.29) is 22.1 Å². The first kappa shape index (κ1) is 15.9. The molecule has 3 rings (SSSR count). The molecule has 24 heavy (non-hydrogen) atoms. The molecule has 0 bridgehead atoms. The van der Waals surface area contributed by atoms with Gasteiger partial charge < -0.3 is 19.8 Å². The summed E-state index contributed by atoms with van der Waals surface area (Å²) in [4.78, 5) is 25.1. The summed E-state index contributed by atoms with van der Waals surface area (Å²) in [5, 5.41) is 5.99. The molecule has 122 valence electrons. The highest BCUT2D eigenvalue weighted by molar-refractivity contribution is 7.80. The van der Waals surface area contributed by atoms with E-state index in [2.05, 4.69) is 10.6 Å². The number of thiocarbonyl (C=S) groups is 1. The highest BCUT2D eigenvalue weighted by Gasteiger charge is 2.36. The van der Waals surface area contributed by atoms with Crippen LogP contribution in [0, 0.1) is 0 Å². The summed E-state index contributed by atoms with van der Waals surface area (Å²) in [5.41, 5.74) is 0.991. The Labute approximate surface area is 143 Å². The third-order valence-corrected chi connectivity index (χ3v) is 3.80. The number of esters is 1. The fourth-order valence-corrected chi connectivity index (χ4v) is 2.73. The normalized spacial score (nSPS) is 17.0. The predicted octanol–water partition coefficient (Wildman–Crippen LogP) is 2.11. The Kier molecular flexibility index (Phi) is 4.43. The predicted molar refractivity (Wildman–Crippen MR) is 90.1 cm³/mol. The van der Waals surface area contributed by atoms with E-state index in [1.165, 1.54) is 13.4 Å². The first-order valence-electron chi connectivity index (χ1n) is 7.15. The number of Topliss-reactive ketones (excluding diaryl/α,β-unsaturated/α-hetero) is 1. The second-order valence-corrected chi connectivity index (χ2v) is 5.44. The lowest BCUT2D eigenvalue weighted by molar-refractivity contribution is -0.136. The van der Waals surface area contributed by atoms with Gasteiger partial charge in [-0.15, -0.1) is 0 Å². The van der Waals surface area contributed by atoms with Gasteiger partial charge in [-0.05, 0) is 29.9 Å². The van der Waals surface area contributed by atoms with E-state index < -0.39 is 17.8 Å². The Balaban J connectivity index is 2.17. The van der Waals surface area contributed by atoms with E-state index >= 15 is 0 Å². The number of furan rings is 1. The Morgan fingerprint density at radius 1 is 1.17 bits per heavy atom. The van der Waals surface area contributed by atoms with Crippen LogP contribution in [0.15, 0.2) is 64.4 Å². The molecule has 0 spiro atoms. The van der Waals surface area contributed by atoms with E-state index in [4.69, 9.17) is 21.4 Å². The van der Waals surface area contributed by atoms with Gasteiger partial charge in [0.25, 0.3) is 0 Å². The first-order valence-corrected chi connectivity index (χ1v) is 7.55. The van der Waals surface area contributed by atoms with Gasteiger partial charge in [0.15, 0.2) is 10.9 Å². The number of carbonyl (C=O) groups excluding carboxylic acids is 2. The number of benzene rings is 1. The average Bonchev–Trinajstić information content (AvgIpc) is 3.15. The van der Waals surface area contributed by atoms with E-state index in [9.17, 15) is 9.59 Å². The van der Waals surface area contributed by atoms with Crippen molar-refractivity contribution in [2.45, 2.75) is 6.04 Å². The summed E-state index contributed by atoms with van der Waals surface area (Å²) in [6.07, 6.45) is 1.40. The number of rotatable bonds is 4. The highest BCUT2D eigenvalue weighted by atomic mass is 32.1. The Morgan fingerprint density at radius 2 is 1.92 bits per heavy atom. The molecule has 2 heterocycles. The van der Waals surface area contributed by atoms with E-state index in [1.54, 1.807) is 12.1 Å². The molecule has 7 heteroatoms. The largest absolute Gasteiger partial charge is 0.464 e. The van der Waals surface area contributed by atoms with Crippen molar-refractivity contribution in [2.24, 2.45) is 0 Å². The van der Waals surface area contributed by atoms with Crippen LogP contribution in [0.4, 0.5) is 0 Å². The molecule has 1 aromatic carbocycles. The van der Waals surface area contributed by atoms with Crippen LogP contribution in [0.3, 0.4) is 0 Å². The number of carbonyl (C=O) groups is 2. The molecule has 1 aromatic heterocycles. The Bertz CT molecular complexity index is 812. The first-order chi connectivity index (χ1) is 11.6. The van der Waals surface area contributed by atoms with Crippen LogP contribution in [0.5, 0.6) is 0 Å². The Hall–Kier alpha value is -2.93. The number of ketones is 1. The SMILES string of the molecule is COC(=O)C1=C(C(=O)c2ccco2)C(c2ccccc2)NC(=S)N1. The standard InChI is InChI=1S/C17H14N2O4S/c1-22-16(21)14-12(15(20)11-8-5-9-23-11)13(18-17(24)19-14)10-6-3-2-4-7-10/h2-9,13H,1H3,(H2,18,19,24).